The smallest absolute Gasteiger partial charge is 0.306 e. The number of aromatic nitrogens is 3. The van der Waals surface area contributed by atoms with Crippen LogP contribution in [0.2, 0.25) is 0 Å². The molecule has 2 aromatic heterocycles. The van der Waals surface area contributed by atoms with E-state index < -0.39 is 0 Å². The first-order valence-corrected chi connectivity index (χ1v) is 9.10. The van der Waals surface area contributed by atoms with Crippen LogP contribution in [0.5, 0.6) is 0 Å². The van der Waals surface area contributed by atoms with Gasteiger partial charge >= 0.3 is 5.97 Å². The molecule has 0 saturated heterocycles. The Labute approximate surface area is 148 Å². The summed E-state index contributed by atoms with van der Waals surface area (Å²) in [5.41, 5.74) is 1.32. The first-order valence-electron chi connectivity index (χ1n) is 8.28. The monoisotopic (exact) mass is 355 g/mol. The average molecular weight is 355 g/mol. The minimum atomic E-state index is -0.297. The highest BCUT2D eigenvalue weighted by Gasteiger charge is 2.28. The van der Waals surface area contributed by atoms with E-state index in [-0.39, 0.29) is 18.1 Å². The van der Waals surface area contributed by atoms with Crippen LogP contribution in [0.25, 0.3) is 4.96 Å². The minimum Gasteiger partial charge on any atom is -0.459 e. The fourth-order valence-electron chi connectivity index (χ4n) is 2.56. The van der Waals surface area contributed by atoms with Crippen LogP contribution in [0, 0.1) is 0 Å². The minimum absolute atomic E-state index is 0.00995. The molecular formula is C18H17N3O3S. The van der Waals surface area contributed by atoms with Gasteiger partial charge in [-0.25, -0.2) is 4.98 Å². The van der Waals surface area contributed by atoms with Crippen molar-refractivity contribution >= 4 is 22.3 Å². The number of carbonyl (C=O) groups is 1. The van der Waals surface area contributed by atoms with E-state index in [0.717, 1.165) is 23.4 Å². The number of nitrogens with zero attached hydrogens (tertiary/aromatic N) is 3. The topological polar surface area (TPSA) is 73.6 Å². The summed E-state index contributed by atoms with van der Waals surface area (Å²) in [4.78, 5) is 29.0. The second-order valence-corrected chi connectivity index (χ2v) is 7.13. The number of carbonyl (C=O) groups excluding carboxylic acids is 1. The molecule has 4 rings (SSSR count). The standard InChI is InChI=1S/C18H17N3O3S/c22-15-10-14(19-18-21(15)20-17(25-18)13-7-8-13)11-24-16(23)9-6-12-4-2-1-3-5-12/h1-5,10,13H,6-9,11H2. The maximum Gasteiger partial charge on any atom is 0.306 e. The molecular weight excluding hydrogens is 338 g/mol. The van der Waals surface area contributed by atoms with Crippen molar-refractivity contribution in [3.05, 3.63) is 63.0 Å². The lowest BCUT2D eigenvalue weighted by Gasteiger charge is -2.04. The Hall–Kier alpha value is -2.54. The molecule has 7 heteroatoms. The molecule has 128 valence electrons. The van der Waals surface area contributed by atoms with Gasteiger partial charge in [-0.1, -0.05) is 41.7 Å². The molecule has 0 N–H and O–H groups in total. The van der Waals surface area contributed by atoms with Crippen LogP contribution in [-0.4, -0.2) is 20.6 Å². The normalized spacial score (nSPS) is 13.9. The predicted octanol–water partition coefficient (Wildman–Crippen LogP) is 2.70. The van der Waals surface area contributed by atoms with Gasteiger partial charge in [0.1, 0.15) is 11.6 Å². The van der Waals surface area contributed by atoms with Gasteiger partial charge in [0, 0.05) is 18.4 Å². The van der Waals surface area contributed by atoms with Crippen LogP contribution in [-0.2, 0) is 22.6 Å². The zero-order valence-electron chi connectivity index (χ0n) is 13.6. The molecule has 0 amide bonds. The molecule has 0 bridgehead atoms. The van der Waals surface area contributed by atoms with Crippen molar-refractivity contribution in [3.8, 4) is 0 Å². The number of fused-ring (bicyclic) bond motifs is 1. The summed E-state index contributed by atoms with van der Waals surface area (Å²) in [7, 11) is 0. The Morgan fingerprint density at radius 2 is 2.08 bits per heavy atom. The lowest BCUT2D eigenvalue weighted by atomic mass is 10.1. The highest BCUT2D eigenvalue weighted by Crippen LogP contribution is 2.41. The van der Waals surface area contributed by atoms with Gasteiger partial charge in [-0.2, -0.15) is 9.61 Å². The van der Waals surface area contributed by atoms with Gasteiger partial charge in [-0.15, -0.1) is 0 Å². The van der Waals surface area contributed by atoms with Gasteiger partial charge in [0.15, 0.2) is 0 Å². The Balaban J connectivity index is 1.38. The highest BCUT2D eigenvalue weighted by atomic mass is 32.1. The number of ether oxygens (including phenoxy) is 1. The Morgan fingerprint density at radius 3 is 2.84 bits per heavy atom. The summed E-state index contributed by atoms with van der Waals surface area (Å²) in [6.45, 7) is 0.00995. The van der Waals surface area contributed by atoms with E-state index in [0.29, 0.717) is 29.4 Å². The van der Waals surface area contributed by atoms with Crippen LogP contribution >= 0.6 is 11.3 Å². The molecule has 1 aliphatic rings. The van der Waals surface area contributed by atoms with Crippen molar-refractivity contribution in [1.29, 1.82) is 0 Å². The molecule has 1 aliphatic carbocycles. The number of hydrogen-bond acceptors (Lipinski definition) is 6. The van der Waals surface area contributed by atoms with Gasteiger partial charge in [0.2, 0.25) is 4.96 Å². The van der Waals surface area contributed by atoms with E-state index in [4.69, 9.17) is 4.74 Å². The number of rotatable bonds is 6. The zero-order chi connectivity index (χ0) is 17.2. The van der Waals surface area contributed by atoms with Gasteiger partial charge in [-0.3, -0.25) is 9.59 Å². The Bertz CT molecular complexity index is 961. The Morgan fingerprint density at radius 1 is 1.28 bits per heavy atom. The summed E-state index contributed by atoms with van der Waals surface area (Å²) >= 11 is 1.44. The number of hydrogen-bond donors (Lipinski definition) is 0. The molecule has 0 radical (unpaired) electrons. The molecule has 0 spiro atoms. The van der Waals surface area contributed by atoms with Crippen LogP contribution in [0.3, 0.4) is 0 Å². The first-order chi connectivity index (χ1) is 12.2. The summed E-state index contributed by atoms with van der Waals surface area (Å²) < 4.78 is 6.59. The average Bonchev–Trinajstić information content (AvgIpc) is 3.38. The first kappa shape index (κ1) is 16.0. The maximum atomic E-state index is 12.1. The summed E-state index contributed by atoms with van der Waals surface area (Å²) in [5, 5.41) is 5.29. The van der Waals surface area contributed by atoms with E-state index in [1.807, 2.05) is 30.3 Å². The van der Waals surface area contributed by atoms with E-state index in [9.17, 15) is 9.59 Å². The molecule has 1 saturated carbocycles. The van der Waals surface area contributed by atoms with E-state index in [2.05, 4.69) is 10.1 Å². The number of esters is 1. The van der Waals surface area contributed by atoms with Crippen LogP contribution in [0.4, 0.5) is 0 Å². The van der Waals surface area contributed by atoms with Gasteiger partial charge in [-0.05, 0) is 24.8 Å². The van der Waals surface area contributed by atoms with Crippen LogP contribution < -0.4 is 5.56 Å². The van der Waals surface area contributed by atoms with Gasteiger partial charge < -0.3 is 4.74 Å². The quantitative estimate of drug-likeness (QED) is 0.636. The van der Waals surface area contributed by atoms with Crippen molar-refractivity contribution in [1.82, 2.24) is 14.6 Å². The maximum absolute atomic E-state index is 12.1. The summed E-state index contributed by atoms with van der Waals surface area (Å²) in [5.74, 6) is 0.180. The third kappa shape index (κ3) is 3.76. The van der Waals surface area contributed by atoms with Crippen molar-refractivity contribution < 1.29 is 9.53 Å². The summed E-state index contributed by atoms with van der Waals surface area (Å²) in [6, 6.07) is 11.2. The number of benzene rings is 1. The third-order valence-electron chi connectivity index (χ3n) is 4.08. The van der Waals surface area contributed by atoms with Crippen molar-refractivity contribution in [2.24, 2.45) is 0 Å². The molecule has 0 unspecified atom stereocenters. The molecule has 1 fully saturated rings. The zero-order valence-corrected chi connectivity index (χ0v) is 14.4. The molecule has 0 aliphatic heterocycles. The van der Waals surface area contributed by atoms with Crippen LogP contribution in [0.15, 0.2) is 41.2 Å². The third-order valence-corrected chi connectivity index (χ3v) is 5.15. The SMILES string of the molecule is O=C(CCc1ccccc1)OCc1cc(=O)n2nc(C3CC3)sc2n1. The largest absolute Gasteiger partial charge is 0.459 e. The lowest BCUT2D eigenvalue weighted by molar-refractivity contribution is -0.145. The molecule has 2 heterocycles. The number of aryl methyl sites for hydroxylation is 1. The second kappa shape index (κ2) is 6.76. The fourth-order valence-corrected chi connectivity index (χ4v) is 3.65. The highest BCUT2D eigenvalue weighted by molar-refractivity contribution is 7.16. The van der Waals surface area contributed by atoms with E-state index in [1.165, 1.54) is 21.9 Å². The Kier molecular flexibility index (Phi) is 4.31. The van der Waals surface area contributed by atoms with Crippen molar-refractivity contribution in [3.63, 3.8) is 0 Å². The molecule has 6 nitrogen and oxygen atoms in total. The predicted molar refractivity (Wildman–Crippen MR) is 93.7 cm³/mol. The van der Waals surface area contributed by atoms with Crippen LogP contribution in [0.1, 0.15) is 41.4 Å². The van der Waals surface area contributed by atoms with Crippen molar-refractivity contribution in [2.75, 3.05) is 0 Å². The molecule has 3 aromatic rings. The van der Waals surface area contributed by atoms with Gasteiger partial charge in [0.05, 0.1) is 5.69 Å². The molecule has 1 aromatic carbocycles. The van der Waals surface area contributed by atoms with Crippen molar-refractivity contribution in [2.45, 2.75) is 38.2 Å². The molecule has 0 atom stereocenters. The van der Waals surface area contributed by atoms with E-state index in [1.54, 1.807) is 0 Å². The molecule has 25 heavy (non-hydrogen) atoms. The summed E-state index contributed by atoms with van der Waals surface area (Å²) in [6.07, 6.45) is 3.19. The van der Waals surface area contributed by atoms with Gasteiger partial charge in [0.25, 0.3) is 5.56 Å². The fraction of sp³-hybridized carbons (Fsp3) is 0.333. The second-order valence-electron chi connectivity index (χ2n) is 6.14. The van der Waals surface area contributed by atoms with E-state index >= 15 is 0 Å². The lowest BCUT2D eigenvalue weighted by Crippen LogP contribution is -2.16.